The maximum atomic E-state index is 12.9. The third-order valence-corrected chi connectivity index (χ3v) is 5.43. The van der Waals surface area contributed by atoms with Crippen molar-refractivity contribution in [3.63, 3.8) is 0 Å². The van der Waals surface area contributed by atoms with Gasteiger partial charge in [-0.05, 0) is 55.7 Å². The summed E-state index contributed by atoms with van der Waals surface area (Å²) in [5.41, 5.74) is 7.35. The molecule has 0 saturated heterocycles. The van der Waals surface area contributed by atoms with Crippen molar-refractivity contribution in [1.29, 1.82) is 0 Å². The first-order chi connectivity index (χ1) is 16.1. The normalized spacial score (nSPS) is 12.8. The molecular formula is C25H28N4O4. The van der Waals surface area contributed by atoms with Gasteiger partial charge in [-0.3, -0.25) is 20.4 Å². The number of rotatable bonds is 9. The molecule has 0 radical (unpaired) electrons. The van der Waals surface area contributed by atoms with Crippen molar-refractivity contribution in [2.75, 3.05) is 13.7 Å². The molecule has 1 aromatic heterocycles. The van der Waals surface area contributed by atoms with E-state index in [0.717, 1.165) is 37.1 Å². The minimum Gasteiger partial charge on any atom is -0.493 e. The Bertz CT molecular complexity index is 1120. The average Bonchev–Trinajstić information content (AvgIpc) is 3.61. The number of nitrogens with one attached hydrogen (secondary N) is 2. The standard InChI is InChI=1S/C25H28N4O4/c1-3-4-14-33-22-13-12-18(15-23(22)32-2)24(30)26-27-25(31)21-16-20(17-10-11-17)28-29(21)19-8-6-5-7-9-19/h5-9,12-13,15-17H,3-4,10-11,14H2,1-2H3,(H,26,30)(H,27,31). The maximum absolute atomic E-state index is 12.9. The van der Waals surface area contributed by atoms with Crippen LogP contribution in [0.25, 0.3) is 5.69 Å². The Morgan fingerprint density at radius 1 is 1.03 bits per heavy atom. The van der Waals surface area contributed by atoms with Gasteiger partial charge in [-0.1, -0.05) is 31.5 Å². The summed E-state index contributed by atoms with van der Waals surface area (Å²) in [6, 6.07) is 16.1. The van der Waals surface area contributed by atoms with Crippen molar-refractivity contribution in [2.24, 2.45) is 0 Å². The Labute approximate surface area is 192 Å². The van der Waals surface area contributed by atoms with Gasteiger partial charge < -0.3 is 9.47 Å². The lowest BCUT2D eigenvalue weighted by Gasteiger charge is -2.13. The Balaban J connectivity index is 1.45. The van der Waals surface area contributed by atoms with Crippen LogP contribution in [0, 0.1) is 0 Å². The Morgan fingerprint density at radius 3 is 2.48 bits per heavy atom. The van der Waals surface area contributed by atoms with Gasteiger partial charge in [-0.15, -0.1) is 0 Å². The van der Waals surface area contributed by atoms with Crippen LogP contribution in [0.2, 0.25) is 0 Å². The molecule has 1 fully saturated rings. The van der Waals surface area contributed by atoms with E-state index in [1.807, 2.05) is 30.3 Å². The number of unbranched alkanes of at least 4 members (excludes halogenated alkanes) is 1. The molecule has 1 aliphatic rings. The Kier molecular flexibility index (Phi) is 6.92. The van der Waals surface area contributed by atoms with E-state index < -0.39 is 11.8 Å². The molecule has 1 aliphatic carbocycles. The van der Waals surface area contributed by atoms with E-state index >= 15 is 0 Å². The summed E-state index contributed by atoms with van der Waals surface area (Å²) in [6.07, 6.45) is 4.10. The molecule has 0 atom stereocenters. The van der Waals surface area contributed by atoms with Gasteiger partial charge in [0.05, 0.1) is 25.1 Å². The van der Waals surface area contributed by atoms with Gasteiger partial charge in [0.2, 0.25) is 0 Å². The van der Waals surface area contributed by atoms with Gasteiger partial charge in [-0.25, -0.2) is 4.68 Å². The smallest absolute Gasteiger partial charge is 0.288 e. The Hall–Kier alpha value is -3.81. The highest BCUT2D eigenvalue weighted by molar-refractivity contribution is 5.99. The second-order valence-corrected chi connectivity index (χ2v) is 7.95. The van der Waals surface area contributed by atoms with Gasteiger partial charge >= 0.3 is 0 Å². The number of hydrogen-bond acceptors (Lipinski definition) is 5. The third-order valence-electron chi connectivity index (χ3n) is 5.43. The third kappa shape index (κ3) is 5.34. The Morgan fingerprint density at radius 2 is 1.79 bits per heavy atom. The molecule has 4 rings (SSSR count). The first-order valence-corrected chi connectivity index (χ1v) is 11.2. The summed E-state index contributed by atoms with van der Waals surface area (Å²) in [5, 5.41) is 4.62. The molecule has 8 nitrogen and oxygen atoms in total. The zero-order chi connectivity index (χ0) is 23.2. The molecule has 0 unspecified atom stereocenters. The van der Waals surface area contributed by atoms with E-state index in [9.17, 15) is 9.59 Å². The maximum Gasteiger partial charge on any atom is 0.288 e. The van der Waals surface area contributed by atoms with Crippen LogP contribution in [0.4, 0.5) is 0 Å². The predicted octanol–water partition coefficient (Wildman–Crippen LogP) is 4.01. The highest BCUT2D eigenvalue weighted by Gasteiger charge is 2.29. The second-order valence-electron chi connectivity index (χ2n) is 7.95. The quantitative estimate of drug-likeness (QED) is 0.381. The first kappa shape index (κ1) is 22.4. The van der Waals surface area contributed by atoms with E-state index in [1.165, 1.54) is 7.11 Å². The zero-order valence-electron chi connectivity index (χ0n) is 18.8. The van der Waals surface area contributed by atoms with Crippen molar-refractivity contribution < 1.29 is 19.1 Å². The van der Waals surface area contributed by atoms with Crippen LogP contribution in [0.3, 0.4) is 0 Å². The minimum absolute atomic E-state index is 0.338. The predicted molar refractivity (Wildman–Crippen MR) is 124 cm³/mol. The van der Waals surface area contributed by atoms with Crippen LogP contribution in [0.15, 0.2) is 54.6 Å². The number of carbonyl (C=O) groups excluding carboxylic acids is 2. The van der Waals surface area contributed by atoms with Gasteiger partial charge in [0.15, 0.2) is 11.5 Å². The highest BCUT2D eigenvalue weighted by atomic mass is 16.5. The molecule has 2 N–H and O–H groups in total. The number of carbonyl (C=O) groups is 2. The van der Waals surface area contributed by atoms with Crippen molar-refractivity contribution in [1.82, 2.24) is 20.6 Å². The number of aromatic nitrogens is 2. The summed E-state index contributed by atoms with van der Waals surface area (Å²) >= 11 is 0. The second kappa shape index (κ2) is 10.2. The number of benzene rings is 2. The molecule has 1 heterocycles. The largest absolute Gasteiger partial charge is 0.493 e. The first-order valence-electron chi connectivity index (χ1n) is 11.2. The lowest BCUT2D eigenvalue weighted by molar-refractivity contribution is 0.0842. The molecule has 0 aliphatic heterocycles. The van der Waals surface area contributed by atoms with Crippen LogP contribution >= 0.6 is 0 Å². The summed E-state index contributed by atoms with van der Waals surface area (Å²) in [6.45, 7) is 2.66. The SMILES string of the molecule is CCCCOc1ccc(C(=O)NNC(=O)c2cc(C3CC3)nn2-c2ccccc2)cc1OC. The summed E-state index contributed by atoms with van der Waals surface area (Å²) in [5.74, 6) is 0.516. The molecule has 0 bridgehead atoms. The summed E-state index contributed by atoms with van der Waals surface area (Å²) in [7, 11) is 1.52. The number of hydrogen-bond donors (Lipinski definition) is 2. The highest BCUT2D eigenvalue weighted by Crippen LogP contribution is 2.39. The fourth-order valence-electron chi connectivity index (χ4n) is 3.41. The van der Waals surface area contributed by atoms with E-state index in [0.29, 0.717) is 35.3 Å². The minimum atomic E-state index is -0.463. The molecule has 0 spiro atoms. The van der Waals surface area contributed by atoms with Crippen LogP contribution < -0.4 is 20.3 Å². The average molecular weight is 449 g/mol. The van der Waals surface area contributed by atoms with E-state index in [-0.39, 0.29) is 0 Å². The van der Waals surface area contributed by atoms with E-state index in [4.69, 9.17) is 9.47 Å². The van der Waals surface area contributed by atoms with Crippen molar-refractivity contribution in [2.45, 2.75) is 38.5 Å². The van der Waals surface area contributed by atoms with Gasteiger partial charge in [0.1, 0.15) is 5.69 Å². The molecule has 33 heavy (non-hydrogen) atoms. The topological polar surface area (TPSA) is 94.5 Å². The van der Waals surface area contributed by atoms with Crippen molar-refractivity contribution in [3.8, 4) is 17.2 Å². The number of hydrazine groups is 1. The van der Waals surface area contributed by atoms with Crippen LogP contribution in [0.5, 0.6) is 11.5 Å². The number of nitrogens with zero attached hydrogens (tertiary/aromatic N) is 2. The molecule has 3 aromatic rings. The monoisotopic (exact) mass is 448 g/mol. The molecule has 1 saturated carbocycles. The van der Waals surface area contributed by atoms with E-state index in [2.05, 4.69) is 22.9 Å². The molecule has 2 amide bonds. The van der Waals surface area contributed by atoms with Crippen LogP contribution in [-0.2, 0) is 0 Å². The van der Waals surface area contributed by atoms with Crippen molar-refractivity contribution >= 4 is 11.8 Å². The zero-order valence-corrected chi connectivity index (χ0v) is 18.8. The molecular weight excluding hydrogens is 420 g/mol. The molecule has 8 heteroatoms. The lowest BCUT2D eigenvalue weighted by atomic mass is 10.2. The molecule has 172 valence electrons. The van der Waals surface area contributed by atoms with Gasteiger partial charge in [0.25, 0.3) is 11.8 Å². The number of para-hydroxylation sites is 1. The van der Waals surface area contributed by atoms with Gasteiger partial charge in [0, 0.05) is 11.5 Å². The van der Waals surface area contributed by atoms with E-state index in [1.54, 1.807) is 28.9 Å². The molecule has 2 aromatic carbocycles. The lowest BCUT2D eigenvalue weighted by Crippen LogP contribution is -2.42. The number of ether oxygens (including phenoxy) is 2. The van der Waals surface area contributed by atoms with Crippen LogP contribution in [0.1, 0.15) is 65.1 Å². The summed E-state index contributed by atoms with van der Waals surface area (Å²) < 4.78 is 12.7. The number of methoxy groups -OCH3 is 1. The van der Waals surface area contributed by atoms with Gasteiger partial charge in [-0.2, -0.15) is 5.10 Å². The summed E-state index contributed by atoms with van der Waals surface area (Å²) in [4.78, 5) is 25.6. The van der Waals surface area contributed by atoms with Crippen LogP contribution in [-0.4, -0.2) is 35.3 Å². The fourth-order valence-corrected chi connectivity index (χ4v) is 3.41. The fraction of sp³-hybridized carbons (Fsp3) is 0.320. The number of amides is 2. The van der Waals surface area contributed by atoms with Crippen molar-refractivity contribution in [3.05, 3.63) is 71.5 Å².